The van der Waals surface area contributed by atoms with Crippen molar-refractivity contribution in [3.63, 3.8) is 0 Å². The maximum atomic E-state index is 12.9. The van der Waals surface area contributed by atoms with Crippen molar-refractivity contribution in [3.05, 3.63) is 200 Å². The van der Waals surface area contributed by atoms with Gasteiger partial charge in [0.15, 0.2) is 30.5 Å². The van der Waals surface area contributed by atoms with Crippen LogP contribution in [-0.4, -0.2) is 105 Å². The van der Waals surface area contributed by atoms with Gasteiger partial charge in [0.25, 0.3) is 0 Å². The molecule has 126 heavy (non-hydrogen) atoms. The largest absolute Gasteiger partial charge is 0.505 e. The van der Waals surface area contributed by atoms with E-state index in [1.165, 1.54) is 41.1 Å². The van der Waals surface area contributed by atoms with Crippen molar-refractivity contribution < 1.29 is 81.2 Å². The third-order valence-electron chi connectivity index (χ3n) is 21.3. The summed E-state index contributed by atoms with van der Waals surface area (Å²) >= 11 is 3.58. The molecule has 0 aromatic heterocycles. The Bertz CT molecular complexity index is 5100. The SMILES string of the molecule is CC#CCOc1c(C)c(-c2ccc(C)cc2)c([C@H](OC(C)(C)C)C(=O)OC)c(C)c1N.COC(=O)[C@@H](OC(C)(C)C)c1c(C)c(N)c(C)c(C)c1-c1ccc(C)cc1.COC(=O)[C@@H](OC(C)(C)C)c1c(C)c(N)c(C)c(C)c1Br.COC(=O)[C@@H](OC(C)(C)C)c1c(C)c(N)c(O)c(C)c1-c1ccc(C)cc1.COC(=O)[C@@H](OC(C)(C)C)c1cc(C)c(C)c(N)c1C. The van der Waals surface area contributed by atoms with Gasteiger partial charge in [0.2, 0.25) is 0 Å². The van der Waals surface area contributed by atoms with Crippen LogP contribution in [0.2, 0.25) is 0 Å². The molecule has 0 spiro atoms. The van der Waals surface area contributed by atoms with E-state index in [-0.39, 0.29) is 18.0 Å². The maximum Gasteiger partial charge on any atom is 0.339 e. The number of hydrogen-bond donors (Lipinski definition) is 6. The Balaban J connectivity index is 0.000000333. The predicted octanol–water partition coefficient (Wildman–Crippen LogP) is 22.3. The Labute approximate surface area is 758 Å². The van der Waals surface area contributed by atoms with Crippen molar-refractivity contribution in [1.82, 2.24) is 0 Å². The molecule has 0 saturated heterocycles. The number of benzene rings is 8. The van der Waals surface area contributed by atoms with Gasteiger partial charge in [0.1, 0.15) is 18.1 Å². The maximum absolute atomic E-state index is 12.9. The fourth-order valence-corrected chi connectivity index (χ4v) is 15.0. The summed E-state index contributed by atoms with van der Waals surface area (Å²) in [6.07, 6.45) is -4.33. The summed E-state index contributed by atoms with van der Waals surface area (Å²) in [4.78, 5) is 62.5. The van der Waals surface area contributed by atoms with Crippen LogP contribution in [0.3, 0.4) is 0 Å². The van der Waals surface area contributed by atoms with Crippen molar-refractivity contribution >= 4 is 74.2 Å². The standard InChI is InChI=1S/C26H33NO4.C23H31NO3.C22H29NO4.C16H24BrNO3.C16H25NO3/c1-9-10-15-30-23-18(4)20(19-13-11-16(2)12-14-19)21(17(3)22(23)27)24(25(28)29-8)31-26(5,6)7;1-13-9-11-17(12-10-13)18-14(2)15(3)20(24)16(4)19(18)21(22(25)26-8)27-23(5,6)7;1-12-8-10-15(11-9-12)16-14(3)19(24)18(23)13(2)17(16)20(21(25)26-7)27-22(4,5)6;1-8-9(2)13(18)10(3)11(12(8)17)14(15(19)20-7)21-16(4,5)6;1-9-8-12(11(3)13(17)10(9)2)14(15(18)19-7)20-16(4,5)6/h11-14,24H,15,27H2,1-8H3;9-12,21H,24H2,1-8H3;8-11,20,24H,23H2,1-7H3;14H,18H2,1-7H3;8,14H,17H2,1-7H3/t24-;21-;20-;2*14-/m00000/s1. The number of carbonyl (C=O) groups excluding carboxylic acids is 5. The lowest BCUT2D eigenvalue weighted by Gasteiger charge is -2.30. The number of hydrogen-bond acceptors (Lipinski definition) is 22. The molecule has 11 N–H and O–H groups in total. The first kappa shape index (κ1) is 108. The smallest absolute Gasteiger partial charge is 0.339 e. The quantitative estimate of drug-likeness (QED) is 0.0136. The van der Waals surface area contributed by atoms with Gasteiger partial charge in [-0.05, 0) is 322 Å². The minimum atomic E-state index is -0.965. The molecule has 0 saturated carbocycles. The van der Waals surface area contributed by atoms with Gasteiger partial charge in [0, 0.05) is 54.9 Å². The number of esters is 5. The van der Waals surface area contributed by atoms with Crippen molar-refractivity contribution in [2.45, 2.75) is 280 Å². The van der Waals surface area contributed by atoms with E-state index in [4.69, 9.17) is 80.8 Å². The molecule has 8 rings (SSSR count). The van der Waals surface area contributed by atoms with E-state index in [9.17, 15) is 29.1 Å². The number of rotatable bonds is 20. The first-order valence-corrected chi connectivity index (χ1v) is 42.7. The van der Waals surface area contributed by atoms with E-state index in [0.29, 0.717) is 50.8 Å². The number of aromatic hydroxyl groups is 1. The van der Waals surface area contributed by atoms with Crippen LogP contribution < -0.4 is 33.4 Å². The van der Waals surface area contributed by atoms with E-state index in [0.717, 1.165) is 127 Å². The van der Waals surface area contributed by atoms with Crippen LogP contribution in [0.25, 0.3) is 33.4 Å². The fraction of sp³-hybridized carbons (Fsp3) is 0.466. The van der Waals surface area contributed by atoms with Crippen LogP contribution in [0.1, 0.15) is 258 Å². The van der Waals surface area contributed by atoms with Crippen LogP contribution in [0.5, 0.6) is 11.5 Å². The monoisotopic (exact) mass is 1800 g/mol. The number of carbonyl (C=O) groups is 5. The first-order chi connectivity index (χ1) is 58.0. The van der Waals surface area contributed by atoms with Crippen LogP contribution in [0, 0.1) is 123 Å². The van der Waals surface area contributed by atoms with Gasteiger partial charge in [0.05, 0.1) is 74.9 Å². The predicted molar refractivity (Wildman–Crippen MR) is 513 cm³/mol. The zero-order chi connectivity index (χ0) is 96.6. The van der Waals surface area contributed by atoms with Gasteiger partial charge < -0.3 is 85.9 Å². The zero-order valence-corrected chi connectivity index (χ0v) is 83.4. The van der Waals surface area contributed by atoms with Crippen molar-refractivity contribution in [2.24, 2.45) is 0 Å². The molecular weight excluding hydrogens is 1660 g/mol. The molecule has 0 unspecified atom stereocenters. The summed E-state index contributed by atoms with van der Waals surface area (Å²) in [6, 6.07) is 26.2. The van der Waals surface area contributed by atoms with Gasteiger partial charge in [-0.2, -0.15) is 0 Å². The third-order valence-corrected chi connectivity index (χ3v) is 22.3. The number of phenols is 1. The second-order valence-electron chi connectivity index (χ2n) is 36.6. The number of phenolic OH excluding ortho intramolecular Hbond substituents is 1. The number of halogens is 1. The second-order valence-corrected chi connectivity index (χ2v) is 37.4. The summed E-state index contributed by atoms with van der Waals surface area (Å²) in [5.41, 5.74) is 55.3. The topological polar surface area (TPSA) is 337 Å². The van der Waals surface area contributed by atoms with Crippen molar-refractivity contribution in [3.8, 4) is 56.7 Å². The molecule has 0 aliphatic carbocycles. The molecule has 22 nitrogen and oxygen atoms in total. The minimum absolute atomic E-state index is 0.0196. The Morgan fingerprint density at radius 3 is 0.937 bits per heavy atom. The summed E-state index contributed by atoms with van der Waals surface area (Å²) in [6.45, 7) is 61.6. The van der Waals surface area contributed by atoms with Gasteiger partial charge in [-0.25, -0.2) is 24.0 Å². The van der Waals surface area contributed by atoms with E-state index in [2.05, 4.69) is 59.0 Å². The summed E-state index contributed by atoms with van der Waals surface area (Å²) in [7, 11) is 6.79. The number of ether oxygens (including phenoxy) is 11. The molecule has 0 heterocycles. The Hall–Kier alpha value is -10.5. The molecule has 8 aromatic rings. The molecule has 0 bridgehead atoms. The highest BCUT2D eigenvalue weighted by atomic mass is 79.9. The van der Waals surface area contributed by atoms with E-state index >= 15 is 0 Å². The van der Waals surface area contributed by atoms with Gasteiger partial charge in [-0.1, -0.05) is 117 Å². The number of methoxy groups -OCH3 is 5. The summed E-state index contributed by atoms with van der Waals surface area (Å²) in [5.74, 6) is 4.06. The van der Waals surface area contributed by atoms with Crippen LogP contribution >= 0.6 is 15.9 Å². The lowest BCUT2D eigenvalue weighted by molar-refractivity contribution is -0.164. The molecule has 0 fully saturated rings. The molecule has 8 aromatic carbocycles. The minimum Gasteiger partial charge on any atom is -0.505 e. The average Bonchev–Trinajstić information content (AvgIpc) is 0.750. The second kappa shape index (κ2) is 44.8. The fourth-order valence-electron chi connectivity index (χ4n) is 14.2. The summed E-state index contributed by atoms with van der Waals surface area (Å²) in [5, 5.41) is 10.5. The molecule has 0 radical (unpaired) electrons. The lowest BCUT2D eigenvalue weighted by Crippen LogP contribution is -2.29. The Morgan fingerprint density at radius 2 is 0.611 bits per heavy atom. The number of nitrogen functional groups attached to an aromatic ring is 5. The molecule has 0 aliphatic rings. The number of anilines is 5. The molecule has 23 heteroatoms. The first-order valence-electron chi connectivity index (χ1n) is 41.9. The van der Waals surface area contributed by atoms with Gasteiger partial charge >= 0.3 is 29.8 Å². The Morgan fingerprint density at radius 1 is 0.341 bits per heavy atom. The number of aryl methyl sites for hydroxylation is 4. The van der Waals surface area contributed by atoms with Crippen molar-refractivity contribution in [1.29, 1.82) is 0 Å². The molecule has 0 amide bonds. The normalized spacial score (nSPS) is 12.7. The van der Waals surface area contributed by atoms with E-state index < -0.39 is 88.4 Å². The highest BCUT2D eigenvalue weighted by Gasteiger charge is 2.40. The van der Waals surface area contributed by atoms with Crippen LogP contribution in [-0.2, 0) is 71.3 Å². The van der Waals surface area contributed by atoms with Crippen LogP contribution in [0.4, 0.5) is 28.4 Å². The summed E-state index contributed by atoms with van der Waals surface area (Å²) < 4.78 is 62.0. The van der Waals surface area contributed by atoms with E-state index in [1.54, 1.807) is 20.8 Å². The lowest BCUT2D eigenvalue weighted by atomic mass is 9.84. The molecular formula is C103H142BrN5O17. The molecule has 0 aliphatic heterocycles. The highest BCUT2D eigenvalue weighted by molar-refractivity contribution is 9.10. The van der Waals surface area contributed by atoms with Crippen molar-refractivity contribution in [2.75, 3.05) is 70.8 Å². The molecule has 5 atom stereocenters. The average molecular weight is 1800 g/mol. The van der Waals surface area contributed by atoms with E-state index in [1.807, 2.05) is 248 Å². The third kappa shape index (κ3) is 27.8. The molecule has 688 valence electrons. The Kier molecular flexibility index (Phi) is 38.4. The van der Waals surface area contributed by atoms with Crippen LogP contribution in [0.15, 0.2) is 83.3 Å². The zero-order valence-electron chi connectivity index (χ0n) is 81.8. The number of nitrogens with two attached hydrogens (primary N) is 5. The van der Waals surface area contributed by atoms with Gasteiger partial charge in [-0.15, -0.1) is 5.92 Å². The highest BCUT2D eigenvalue weighted by Crippen LogP contribution is 2.49. The van der Waals surface area contributed by atoms with Gasteiger partial charge in [-0.3, -0.25) is 0 Å².